The third kappa shape index (κ3) is 3.85. The Hall–Kier alpha value is -2.50. The van der Waals surface area contributed by atoms with Crippen molar-refractivity contribution in [1.82, 2.24) is 9.97 Å². The van der Waals surface area contributed by atoms with Gasteiger partial charge in [-0.1, -0.05) is 48.5 Å². The number of halogens is 1. The Labute approximate surface area is 184 Å². The van der Waals surface area contributed by atoms with Crippen molar-refractivity contribution >= 4 is 36.4 Å². The molecule has 2 heterocycles. The number of fused-ring (bicyclic) bond motifs is 3. The molecule has 1 radical (unpaired) electrons. The number of benzene rings is 3. The first kappa shape index (κ1) is 19.8. The summed E-state index contributed by atoms with van der Waals surface area (Å²) in [6.07, 6.45) is 3.72. The summed E-state index contributed by atoms with van der Waals surface area (Å²) in [5, 5.41) is 3.23. The molecule has 5 rings (SSSR count). The monoisotopic (exact) mass is 569 g/mol. The van der Waals surface area contributed by atoms with E-state index in [1.54, 1.807) is 12.1 Å². The minimum atomic E-state index is -0.240. The molecule has 0 aliphatic rings. The Kier molecular flexibility index (Phi) is 5.52. The van der Waals surface area contributed by atoms with E-state index >= 15 is 0 Å². The van der Waals surface area contributed by atoms with E-state index in [0.717, 1.165) is 49.4 Å². The van der Waals surface area contributed by atoms with Crippen molar-refractivity contribution in [3.05, 3.63) is 91.0 Å². The van der Waals surface area contributed by atoms with E-state index in [-0.39, 0.29) is 26.2 Å². The first-order chi connectivity index (χ1) is 13.7. The van der Waals surface area contributed by atoms with Gasteiger partial charge in [0.25, 0.3) is 0 Å². The fourth-order valence-corrected chi connectivity index (χ4v) is 3.62. The van der Waals surface area contributed by atoms with Crippen LogP contribution in [-0.4, -0.2) is 9.97 Å². The number of nitrogens with zero attached hydrogens (tertiary/aromatic N) is 2. The summed E-state index contributed by atoms with van der Waals surface area (Å²) in [6.45, 7) is 0. The van der Waals surface area contributed by atoms with Gasteiger partial charge in [-0.05, 0) is 40.7 Å². The second-order valence-electron chi connectivity index (χ2n) is 6.79. The molecule has 0 N–H and O–H groups in total. The largest absolute Gasteiger partial charge is 0.253 e. The molecule has 0 spiro atoms. The van der Waals surface area contributed by atoms with E-state index in [4.69, 9.17) is 4.98 Å². The Morgan fingerprint density at radius 3 is 1.52 bits per heavy atom. The second kappa shape index (κ2) is 8.09. The van der Waals surface area contributed by atoms with Gasteiger partial charge in [0.2, 0.25) is 0 Å². The maximum atomic E-state index is 13.2. The summed E-state index contributed by atoms with van der Waals surface area (Å²) in [5.41, 5.74) is 5.88. The normalized spacial score (nSPS) is 10.8. The first-order valence-corrected chi connectivity index (χ1v) is 9.55. The summed E-state index contributed by atoms with van der Waals surface area (Å²) < 4.78 is 13.2. The molecular formula is C24H16FN2PRe. The van der Waals surface area contributed by atoms with Crippen LogP contribution in [0.1, 0.15) is 0 Å². The molecule has 2 nitrogen and oxygen atoms in total. The van der Waals surface area contributed by atoms with E-state index < -0.39 is 0 Å². The number of rotatable bonds is 2. The smallest absolute Gasteiger partial charge is 0.123 e. The van der Waals surface area contributed by atoms with Gasteiger partial charge in [0.15, 0.2) is 0 Å². The van der Waals surface area contributed by atoms with Crippen LogP contribution in [0.4, 0.5) is 4.39 Å². The Bertz CT molecular complexity index is 1210. The molecule has 0 saturated carbocycles. The molecule has 0 aliphatic heterocycles. The zero-order valence-corrected chi connectivity index (χ0v) is 19.2. The summed E-state index contributed by atoms with van der Waals surface area (Å²) in [6, 6.07) is 23.2. The van der Waals surface area contributed by atoms with Crippen LogP contribution in [0.5, 0.6) is 0 Å². The second-order valence-corrected chi connectivity index (χ2v) is 7.45. The van der Waals surface area contributed by atoms with Gasteiger partial charge in [0, 0.05) is 54.7 Å². The molecule has 1 atom stereocenters. The zero-order valence-electron chi connectivity index (χ0n) is 15.3. The van der Waals surface area contributed by atoms with Gasteiger partial charge in [0.05, 0.1) is 11.0 Å². The number of hydrogen-bond acceptors (Lipinski definition) is 2. The third-order valence-corrected chi connectivity index (χ3v) is 5.31. The molecule has 141 valence electrons. The Balaban J connectivity index is 0.00000205. The summed E-state index contributed by atoms with van der Waals surface area (Å²) >= 11 is 0. The van der Waals surface area contributed by atoms with Crippen LogP contribution in [0.2, 0.25) is 0 Å². The molecule has 0 saturated heterocycles. The van der Waals surface area contributed by atoms with Crippen molar-refractivity contribution in [2.24, 2.45) is 0 Å². The molecule has 0 amide bonds. The molecule has 0 aliphatic carbocycles. The summed E-state index contributed by atoms with van der Waals surface area (Å²) in [5.74, 6) is -0.240. The van der Waals surface area contributed by atoms with E-state index in [1.165, 1.54) is 12.1 Å². The maximum absolute atomic E-state index is 13.2. The first-order valence-electron chi connectivity index (χ1n) is 8.98. The maximum Gasteiger partial charge on any atom is 0.123 e. The van der Waals surface area contributed by atoms with E-state index in [2.05, 4.69) is 62.8 Å². The molecule has 5 aromatic rings. The van der Waals surface area contributed by atoms with Gasteiger partial charge in [-0.2, -0.15) is 0 Å². The molecule has 2 aromatic heterocycles. The fourth-order valence-electron chi connectivity index (χ4n) is 3.43. The fraction of sp³-hybridized carbons (Fsp3) is 0. The molecule has 29 heavy (non-hydrogen) atoms. The van der Waals surface area contributed by atoms with Crippen LogP contribution < -0.4 is 5.30 Å². The van der Waals surface area contributed by atoms with Crippen molar-refractivity contribution in [3.63, 3.8) is 0 Å². The van der Waals surface area contributed by atoms with E-state index in [1.807, 2.05) is 12.4 Å². The SMILES string of the molecule is Fc1ccc(-c2cnc3c(ccc4cc(-c5ccc(P)cc5)cnc43)c2)cc1.[Re]. The van der Waals surface area contributed by atoms with Crippen molar-refractivity contribution in [2.75, 3.05) is 0 Å². The number of hydrogen-bond donors (Lipinski definition) is 0. The molecule has 3 aromatic carbocycles. The minimum Gasteiger partial charge on any atom is -0.253 e. The van der Waals surface area contributed by atoms with Crippen LogP contribution in [0, 0.1) is 5.82 Å². The molecule has 0 bridgehead atoms. The predicted molar refractivity (Wildman–Crippen MR) is 117 cm³/mol. The van der Waals surface area contributed by atoms with Gasteiger partial charge >= 0.3 is 0 Å². The molecule has 1 unspecified atom stereocenters. The van der Waals surface area contributed by atoms with Crippen molar-refractivity contribution < 1.29 is 24.8 Å². The van der Waals surface area contributed by atoms with Crippen molar-refractivity contribution in [3.8, 4) is 22.3 Å². The van der Waals surface area contributed by atoms with Crippen LogP contribution in [0.15, 0.2) is 85.2 Å². The van der Waals surface area contributed by atoms with Crippen LogP contribution in [-0.2, 0) is 20.4 Å². The topological polar surface area (TPSA) is 25.8 Å². The standard InChI is InChI=1S/C24H16FN2P.Re/c25-21-7-3-15(4-8-21)19-11-17-1-2-18-12-20(16-5-9-22(28)10-6-16)14-27-24(18)23(17)26-13-19;/h1-14H,28H2;. The molecule has 5 heteroatoms. The number of pyridine rings is 2. The van der Waals surface area contributed by atoms with E-state index in [9.17, 15) is 4.39 Å². The molecular weight excluding hydrogens is 552 g/mol. The third-order valence-electron chi connectivity index (χ3n) is 4.92. The quantitative estimate of drug-likeness (QED) is 0.200. The van der Waals surface area contributed by atoms with Gasteiger partial charge in [-0.3, -0.25) is 9.97 Å². The summed E-state index contributed by atoms with van der Waals surface area (Å²) in [4.78, 5) is 9.37. The predicted octanol–water partition coefficient (Wildman–Crippen LogP) is 5.75. The number of aromatic nitrogens is 2. The zero-order chi connectivity index (χ0) is 19.1. The van der Waals surface area contributed by atoms with Crippen molar-refractivity contribution in [2.45, 2.75) is 0 Å². The van der Waals surface area contributed by atoms with Crippen molar-refractivity contribution in [1.29, 1.82) is 0 Å². The molecule has 0 fully saturated rings. The average Bonchev–Trinajstić information content (AvgIpc) is 2.74. The van der Waals surface area contributed by atoms with E-state index in [0.29, 0.717) is 0 Å². The van der Waals surface area contributed by atoms with Gasteiger partial charge in [0.1, 0.15) is 5.82 Å². The average molecular weight is 569 g/mol. The minimum absolute atomic E-state index is 0. The Morgan fingerprint density at radius 2 is 1.03 bits per heavy atom. The van der Waals surface area contributed by atoms with Gasteiger partial charge < -0.3 is 0 Å². The summed E-state index contributed by atoms with van der Waals surface area (Å²) in [7, 11) is 2.70. The van der Waals surface area contributed by atoms with Crippen LogP contribution in [0.3, 0.4) is 0 Å². The van der Waals surface area contributed by atoms with Crippen LogP contribution in [0.25, 0.3) is 44.1 Å². The van der Waals surface area contributed by atoms with Crippen LogP contribution >= 0.6 is 9.24 Å². The Morgan fingerprint density at radius 1 is 0.586 bits per heavy atom. The van der Waals surface area contributed by atoms with Gasteiger partial charge in [-0.15, -0.1) is 9.24 Å². The van der Waals surface area contributed by atoms with Gasteiger partial charge in [-0.25, -0.2) is 4.39 Å².